The van der Waals surface area contributed by atoms with Gasteiger partial charge in [0, 0.05) is 24.2 Å². The fourth-order valence-electron chi connectivity index (χ4n) is 2.14. The zero-order valence-corrected chi connectivity index (χ0v) is 14.9. The number of anilines is 1. The molecule has 1 aliphatic rings. The van der Waals surface area contributed by atoms with E-state index in [9.17, 15) is 8.42 Å². The maximum absolute atomic E-state index is 12.3. The summed E-state index contributed by atoms with van der Waals surface area (Å²) in [7, 11) is -3.68. The van der Waals surface area contributed by atoms with E-state index in [0.29, 0.717) is 30.4 Å². The van der Waals surface area contributed by atoms with Crippen LogP contribution < -0.4 is 4.72 Å². The summed E-state index contributed by atoms with van der Waals surface area (Å²) < 4.78 is 29.1. The predicted molar refractivity (Wildman–Crippen MR) is 88.1 cm³/mol. The van der Waals surface area contributed by atoms with Gasteiger partial charge in [0.05, 0.1) is 15.7 Å². The molecule has 2 N–H and O–H groups in total. The smallest absolute Gasteiger partial charge is 0.301 e. The summed E-state index contributed by atoms with van der Waals surface area (Å²) in [5.74, 6) is 0.169. The van der Waals surface area contributed by atoms with Crippen LogP contribution in [0.4, 0.5) is 5.69 Å². The minimum absolute atomic E-state index is 0.0927. The first-order chi connectivity index (χ1) is 9.85. The second-order valence-corrected chi connectivity index (χ2v) is 8.14. The molecule has 0 saturated carbocycles. The monoisotopic (exact) mass is 416 g/mol. The highest BCUT2D eigenvalue weighted by atomic mass is 79.9. The summed E-state index contributed by atoms with van der Waals surface area (Å²) in [6, 6.07) is 3.18. The molecule has 0 bridgehead atoms. The van der Waals surface area contributed by atoms with Crippen molar-refractivity contribution in [1.82, 2.24) is 4.31 Å². The van der Waals surface area contributed by atoms with E-state index in [-0.39, 0.29) is 28.3 Å². The third-order valence-electron chi connectivity index (χ3n) is 3.45. The zero-order chi connectivity index (χ0) is 15.6. The van der Waals surface area contributed by atoms with Crippen LogP contribution in [0.15, 0.2) is 16.6 Å². The molecule has 1 fully saturated rings. The van der Waals surface area contributed by atoms with Crippen molar-refractivity contribution < 1.29 is 13.5 Å². The van der Waals surface area contributed by atoms with E-state index in [1.807, 2.05) is 0 Å². The lowest BCUT2D eigenvalue weighted by Crippen LogP contribution is -2.42. The second kappa shape index (κ2) is 7.02. The summed E-state index contributed by atoms with van der Waals surface area (Å²) >= 11 is 15.3. The van der Waals surface area contributed by atoms with Crippen molar-refractivity contribution in [3.05, 3.63) is 26.7 Å². The molecule has 0 atom stereocenters. The van der Waals surface area contributed by atoms with Gasteiger partial charge in [-0.3, -0.25) is 4.72 Å². The van der Waals surface area contributed by atoms with Crippen LogP contribution in [0.2, 0.25) is 10.0 Å². The second-order valence-electron chi connectivity index (χ2n) is 4.86. The van der Waals surface area contributed by atoms with Crippen LogP contribution in [0, 0.1) is 5.92 Å². The Hall–Kier alpha value is -0.0500. The SMILES string of the molecule is O=S(=O)(Nc1ccc(Br)c(Cl)c1Cl)N1CCC(CO)CC1. The fraction of sp³-hybridized carbons (Fsp3) is 0.500. The molecule has 0 aliphatic carbocycles. The number of halogens is 3. The third-order valence-corrected chi connectivity index (χ3v) is 6.74. The molecule has 1 aromatic carbocycles. The van der Waals surface area contributed by atoms with Crippen LogP contribution in [-0.4, -0.2) is 37.5 Å². The van der Waals surface area contributed by atoms with Gasteiger partial charge in [-0.1, -0.05) is 23.2 Å². The number of aliphatic hydroxyl groups is 1. The van der Waals surface area contributed by atoms with Crippen molar-refractivity contribution in [1.29, 1.82) is 0 Å². The van der Waals surface area contributed by atoms with Crippen LogP contribution in [0.3, 0.4) is 0 Å². The summed E-state index contributed by atoms with van der Waals surface area (Å²) in [6.45, 7) is 0.848. The number of aliphatic hydroxyl groups excluding tert-OH is 1. The highest BCUT2D eigenvalue weighted by molar-refractivity contribution is 9.10. The maximum Gasteiger partial charge on any atom is 0.301 e. The van der Waals surface area contributed by atoms with Gasteiger partial charge in [0.1, 0.15) is 0 Å². The number of benzene rings is 1. The first-order valence-corrected chi connectivity index (χ1v) is 9.36. The number of hydrogen-bond acceptors (Lipinski definition) is 3. The molecule has 118 valence electrons. The maximum atomic E-state index is 12.3. The van der Waals surface area contributed by atoms with Crippen molar-refractivity contribution in [2.75, 3.05) is 24.4 Å². The normalized spacial score (nSPS) is 17.9. The van der Waals surface area contributed by atoms with Crippen LogP contribution in [-0.2, 0) is 10.2 Å². The molecule has 1 saturated heterocycles. The first kappa shape index (κ1) is 17.3. The number of piperidine rings is 1. The van der Waals surface area contributed by atoms with Gasteiger partial charge in [-0.25, -0.2) is 0 Å². The van der Waals surface area contributed by atoms with Crippen molar-refractivity contribution in [3.8, 4) is 0 Å². The minimum Gasteiger partial charge on any atom is -0.396 e. The largest absolute Gasteiger partial charge is 0.396 e. The molecule has 0 radical (unpaired) electrons. The molecule has 0 amide bonds. The van der Waals surface area contributed by atoms with Crippen LogP contribution in [0.5, 0.6) is 0 Å². The summed E-state index contributed by atoms with van der Waals surface area (Å²) in [5, 5.41) is 9.50. The predicted octanol–water partition coefficient (Wildman–Crippen LogP) is 3.12. The standard InChI is InChI=1S/C12H15BrCl2N2O3S/c13-9-1-2-10(12(15)11(9)14)16-21(19,20)17-5-3-8(7-18)4-6-17/h1-2,8,16,18H,3-7H2. The number of nitrogens with one attached hydrogen (secondary N) is 1. The fourth-order valence-corrected chi connectivity index (χ4v) is 4.29. The van der Waals surface area contributed by atoms with Gasteiger partial charge in [-0.05, 0) is 46.8 Å². The summed E-state index contributed by atoms with van der Waals surface area (Å²) in [4.78, 5) is 0. The molecule has 21 heavy (non-hydrogen) atoms. The van der Waals surface area contributed by atoms with Gasteiger partial charge in [0.25, 0.3) is 0 Å². The lowest BCUT2D eigenvalue weighted by atomic mass is 10.00. The Morgan fingerprint density at radius 2 is 1.90 bits per heavy atom. The highest BCUT2D eigenvalue weighted by Gasteiger charge is 2.28. The van der Waals surface area contributed by atoms with E-state index in [0.717, 1.165) is 0 Å². The lowest BCUT2D eigenvalue weighted by molar-refractivity contribution is 0.170. The van der Waals surface area contributed by atoms with Crippen LogP contribution in [0.25, 0.3) is 0 Å². The summed E-state index contributed by atoms with van der Waals surface area (Å²) in [6.07, 6.45) is 1.29. The van der Waals surface area contributed by atoms with Gasteiger partial charge >= 0.3 is 10.2 Å². The van der Waals surface area contributed by atoms with Crippen molar-refractivity contribution in [2.24, 2.45) is 5.92 Å². The van der Waals surface area contributed by atoms with E-state index in [2.05, 4.69) is 20.7 Å². The Morgan fingerprint density at radius 3 is 2.48 bits per heavy atom. The number of hydrogen-bond donors (Lipinski definition) is 2. The molecule has 5 nitrogen and oxygen atoms in total. The van der Waals surface area contributed by atoms with Crippen molar-refractivity contribution in [2.45, 2.75) is 12.8 Å². The Balaban J connectivity index is 2.13. The number of nitrogens with zero attached hydrogens (tertiary/aromatic N) is 1. The third kappa shape index (κ3) is 4.03. The Labute approximate surface area is 142 Å². The molecule has 0 unspecified atom stereocenters. The highest BCUT2D eigenvalue weighted by Crippen LogP contribution is 2.36. The molecule has 1 aliphatic heterocycles. The average molecular weight is 418 g/mol. The molecular formula is C12H15BrCl2N2O3S. The Bertz CT molecular complexity index is 619. The van der Waals surface area contributed by atoms with E-state index in [4.69, 9.17) is 28.3 Å². The molecule has 0 aromatic heterocycles. The van der Waals surface area contributed by atoms with Gasteiger partial charge in [0.2, 0.25) is 0 Å². The minimum atomic E-state index is -3.68. The van der Waals surface area contributed by atoms with Gasteiger partial charge < -0.3 is 5.11 Å². The molecule has 0 spiro atoms. The van der Waals surface area contributed by atoms with E-state index < -0.39 is 10.2 Å². The Kier molecular flexibility index (Phi) is 5.78. The summed E-state index contributed by atoms with van der Waals surface area (Å²) in [5.41, 5.74) is 0.245. The first-order valence-electron chi connectivity index (χ1n) is 6.37. The van der Waals surface area contributed by atoms with E-state index in [1.54, 1.807) is 12.1 Å². The lowest BCUT2D eigenvalue weighted by Gasteiger charge is -2.30. The van der Waals surface area contributed by atoms with Crippen LogP contribution >= 0.6 is 39.1 Å². The Morgan fingerprint density at radius 1 is 1.29 bits per heavy atom. The van der Waals surface area contributed by atoms with Crippen molar-refractivity contribution >= 4 is 55.0 Å². The van der Waals surface area contributed by atoms with Gasteiger partial charge in [-0.15, -0.1) is 0 Å². The molecule has 9 heteroatoms. The number of rotatable bonds is 4. The topological polar surface area (TPSA) is 69.6 Å². The van der Waals surface area contributed by atoms with Gasteiger partial charge in [-0.2, -0.15) is 12.7 Å². The molecule has 1 heterocycles. The van der Waals surface area contributed by atoms with Gasteiger partial charge in [0.15, 0.2) is 0 Å². The van der Waals surface area contributed by atoms with Crippen molar-refractivity contribution in [3.63, 3.8) is 0 Å². The quantitative estimate of drug-likeness (QED) is 0.739. The van der Waals surface area contributed by atoms with E-state index in [1.165, 1.54) is 4.31 Å². The molecular weight excluding hydrogens is 403 g/mol. The molecule has 1 aromatic rings. The van der Waals surface area contributed by atoms with Crippen LogP contribution in [0.1, 0.15) is 12.8 Å². The molecule has 2 rings (SSSR count). The zero-order valence-electron chi connectivity index (χ0n) is 11.0. The average Bonchev–Trinajstić information content (AvgIpc) is 2.48. The van der Waals surface area contributed by atoms with E-state index >= 15 is 0 Å².